The number of benzene rings is 2. The lowest BCUT2D eigenvalue weighted by atomic mass is 9.92. The van der Waals surface area contributed by atoms with Gasteiger partial charge in [0.15, 0.2) is 0 Å². The van der Waals surface area contributed by atoms with E-state index in [9.17, 15) is 14.4 Å². The molecule has 2 amide bonds. The van der Waals surface area contributed by atoms with Crippen molar-refractivity contribution < 1.29 is 23.9 Å². The monoisotopic (exact) mass is 379 g/mol. The molecule has 8 heteroatoms. The van der Waals surface area contributed by atoms with Crippen LogP contribution in [0.4, 0.5) is 5.69 Å². The van der Waals surface area contributed by atoms with Crippen molar-refractivity contribution in [1.82, 2.24) is 5.43 Å². The molecule has 1 saturated heterocycles. The van der Waals surface area contributed by atoms with Gasteiger partial charge >= 0.3 is 0 Å². The van der Waals surface area contributed by atoms with E-state index in [0.29, 0.717) is 22.7 Å². The zero-order chi connectivity index (χ0) is 19.8. The van der Waals surface area contributed by atoms with Gasteiger partial charge in [0.25, 0.3) is 5.91 Å². The van der Waals surface area contributed by atoms with Gasteiger partial charge in [0.1, 0.15) is 29.2 Å². The number of hydrogen-bond acceptors (Lipinski definition) is 7. The molecular weight excluding hydrogens is 362 g/mol. The fourth-order valence-electron chi connectivity index (χ4n) is 3.37. The van der Waals surface area contributed by atoms with Crippen LogP contribution in [-0.4, -0.2) is 43.6 Å². The van der Waals surface area contributed by atoms with Crippen LogP contribution in [0.1, 0.15) is 10.4 Å². The number of methoxy groups -OCH3 is 2. The Morgan fingerprint density at radius 1 is 1.00 bits per heavy atom. The van der Waals surface area contributed by atoms with Gasteiger partial charge in [-0.1, -0.05) is 6.07 Å². The fraction of sp³-hybridized carbons (Fsp3) is 0.200. The molecular formula is C20H17N3O5. The molecule has 2 atom stereocenters. The summed E-state index contributed by atoms with van der Waals surface area (Å²) in [6.45, 7) is 0. The first kappa shape index (κ1) is 17.7. The van der Waals surface area contributed by atoms with E-state index in [4.69, 9.17) is 9.47 Å². The van der Waals surface area contributed by atoms with Crippen molar-refractivity contribution in [1.29, 1.82) is 0 Å². The van der Waals surface area contributed by atoms with Crippen LogP contribution in [0, 0.1) is 5.92 Å². The van der Waals surface area contributed by atoms with Crippen molar-refractivity contribution in [3.8, 4) is 11.5 Å². The number of nitrogens with one attached hydrogen (secondary N) is 1. The molecule has 8 nitrogen and oxygen atoms in total. The zero-order valence-corrected chi connectivity index (χ0v) is 15.2. The van der Waals surface area contributed by atoms with Crippen LogP contribution in [0.15, 0.2) is 53.6 Å². The van der Waals surface area contributed by atoms with Crippen LogP contribution in [0.5, 0.6) is 11.5 Å². The number of amides is 2. The molecule has 2 aromatic rings. The van der Waals surface area contributed by atoms with Gasteiger partial charge in [0.2, 0.25) is 11.7 Å². The van der Waals surface area contributed by atoms with Crippen LogP contribution in [0.3, 0.4) is 0 Å². The Morgan fingerprint density at radius 3 is 2.39 bits per heavy atom. The summed E-state index contributed by atoms with van der Waals surface area (Å²) in [4.78, 5) is 39.7. The highest BCUT2D eigenvalue weighted by molar-refractivity contribution is 6.52. The first-order chi connectivity index (χ1) is 13.5. The first-order valence-electron chi connectivity index (χ1n) is 8.59. The molecule has 2 aliphatic heterocycles. The van der Waals surface area contributed by atoms with Gasteiger partial charge in [0.05, 0.1) is 19.9 Å². The zero-order valence-electron chi connectivity index (χ0n) is 15.2. The van der Waals surface area contributed by atoms with Crippen molar-refractivity contribution in [3.05, 3.63) is 54.1 Å². The van der Waals surface area contributed by atoms with E-state index < -0.39 is 29.6 Å². The third-order valence-corrected chi connectivity index (χ3v) is 4.82. The Kier molecular flexibility index (Phi) is 4.31. The largest absolute Gasteiger partial charge is 0.497 e. The number of hydrazone groups is 1. The summed E-state index contributed by atoms with van der Waals surface area (Å²) in [5, 5.41) is 3.99. The second kappa shape index (κ2) is 6.80. The summed E-state index contributed by atoms with van der Waals surface area (Å²) in [5.41, 5.74) is 3.43. The number of rotatable bonds is 5. The Morgan fingerprint density at radius 2 is 1.71 bits per heavy atom. The highest BCUT2D eigenvalue weighted by atomic mass is 16.5. The number of ether oxygens (including phenoxy) is 2. The number of Topliss-reactive ketones (excluding diaryl/α,β-unsaturated/α-hetero) is 1. The van der Waals surface area contributed by atoms with E-state index in [-0.39, 0.29) is 5.71 Å². The highest BCUT2D eigenvalue weighted by Crippen LogP contribution is 2.33. The number of imide groups is 1. The number of hydrogen-bond donors (Lipinski definition) is 1. The van der Waals surface area contributed by atoms with Gasteiger partial charge in [-0.2, -0.15) is 5.10 Å². The van der Waals surface area contributed by atoms with E-state index in [1.165, 1.54) is 14.2 Å². The number of anilines is 1. The van der Waals surface area contributed by atoms with E-state index in [1.807, 2.05) is 0 Å². The maximum Gasteiger partial charge on any atom is 0.259 e. The molecule has 0 saturated carbocycles. The topological polar surface area (TPSA) is 97.3 Å². The maximum absolute atomic E-state index is 13.0. The molecule has 0 radical (unpaired) electrons. The Hall–Kier alpha value is -3.68. The molecule has 2 aliphatic rings. The third-order valence-electron chi connectivity index (χ3n) is 4.82. The summed E-state index contributed by atoms with van der Waals surface area (Å²) in [6, 6.07) is 12.2. The van der Waals surface area contributed by atoms with Crippen LogP contribution in [0.2, 0.25) is 0 Å². The van der Waals surface area contributed by atoms with Crippen molar-refractivity contribution in [2.24, 2.45) is 11.0 Å². The van der Waals surface area contributed by atoms with Crippen LogP contribution in [-0.2, 0) is 9.59 Å². The van der Waals surface area contributed by atoms with Gasteiger partial charge in [-0.15, -0.1) is 0 Å². The lowest BCUT2D eigenvalue weighted by molar-refractivity contribution is -0.122. The number of carbonyl (C=O) groups excluding carboxylic acids is 3. The molecule has 1 N–H and O–H groups in total. The molecule has 2 aromatic carbocycles. The average molecular weight is 379 g/mol. The van der Waals surface area contributed by atoms with Crippen LogP contribution < -0.4 is 19.8 Å². The Balaban J connectivity index is 1.63. The second-order valence-electron chi connectivity index (χ2n) is 6.35. The smallest absolute Gasteiger partial charge is 0.259 e. The summed E-state index contributed by atoms with van der Waals surface area (Å²) >= 11 is 0. The van der Waals surface area contributed by atoms with Crippen LogP contribution >= 0.6 is 0 Å². The minimum absolute atomic E-state index is 0.0268. The lowest BCUT2D eigenvalue weighted by Crippen LogP contribution is -2.36. The molecule has 0 aliphatic carbocycles. The summed E-state index contributed by atoms with van der Waals surface area (Å²) < 4.78 is 10.2. The van der Waals surface area contributed by atoms with Gasteiger partial charge in [-0.25, -0.2) is 4.90 Å². The summed E-state index contributed by atoms with van der Waals surface area (Å²) in [5.74, 6) is -1.19. The Labute approximate surface area is 160 Å². The molecule has 0 spiro atoms. The predicted octanol–water partition coefficient (Wildman–Crippen LogP) is 1.40. The van der Waals surface area contributed by atoms with Gasteiger partial charge < -0.3 is 9.47 Å². The van der Waals surface area contributed by atoms with Crippen LogP contribution in [0.25, 0.3) is 0 Å². The molecule has 4 rings (SSSR count). The van der Waals surface area contributed by atoms with Gasteiger partial charge in [-0.05, 0) is 36.4 Å². The van der Waals surface area contributed by atoms with Crippen molar-refractivity contribution in [2.75, 3.05) is 19.1 Å². The molecule has 0 bridgehead atoms. The Bertz CT molecular complexity index is 999. The molecule has 2 unspecified atom stereocenters. The maximum atomic E-state index is 13.0. The normalized spacial score (nSPS) is 20.5. The quantitative estimate of drug-likeness (QED) is 0.623. The third kappa shape index (κ3) is 2.70. The molecule has 2 heterocycles. The molecule has 28 heavy (non-hydrogen) atoms. The summed E-state index contributed by atoms with van der Waals surface area (Å²) in [7, 11) is 3.03. The molecule has 142 valence electrons. The molecule has 0 aromatic heterocycles. The van der Waals surface area contributed by atoms with Gasteiger partial charge in [-0.3, -0.25) is 19.8 Å². The number of carbonyl (C=O) groups is 3. The van der Waals surface area contributed by atoms with Crippen molar-refractivity contribution in [3.63, 3.8) is 0 Å². The van der Waals surface area contributed by atoms with E-state index >= 15 is 0 Å². The minimum Gasteiger partial charge on any atom is -0.497 e. The second-order valence-corrected chi connectivity index (χ2v) is 6.35. The fourth-order valence-corrected chi connectivity index (χ4v) is 3.37. The minimum atomic E-state index is -0.965. The predicted molar refractivity (Wildman–Crippen MR) is 101 cm³/mol. The van der Waals surface area contributed by atoms with E-state index in [0.717, 1.165) is 4.90 Å². The van der Waals surface area contributed by atoms with E-state index in [2.05, 4.69) is 10.5 Å². The molecule has 1 fully saturated rings. The lowest BCUT2D eigenvalue weighted by Gasteiger charge is -2.16. The van der Waals surface area contributed by atoms with Gasteiger partial charge in [0, 0.05) is 11.6 Å². The average Bonchev–Trinajstić information content (AvgIpc) is 3.27. The number of fused-ring (bicyclic) bond motifs is 1. The van der Waals surface area contributed by atoms with Crippen molar-refractivity contribution >= 4 is 29.0 Å². The number of nitrogens with zero attached hydrogens (tertiary/aromatic N) is 2. The van der Waals surface area contributed by atoms with Crippen molar-refractivity contribution in [2.45, 2.75) is 6.04 Å². The highest BCUT2D eigenvalue weighted by Gasteiger charge is 2.55. The van der Waals surface area contributed by atoms with E-state index in [1.54, 1.807) is 48.5 Å². The standard InChI is InChI=1S/C20H17N3O5/c1-27-13-8-6-11(7-9-13)18(24)16-15-17(22-21-16)20(26)23(19(15)25)12-4-3-5-14(10-12)28-2/h3-10,15,17,22H,1-2H3. The number of ketones is 1. The first-order valence-corrected chi connectivity index (χ1v) is 8.59. The SMILES string of the molecule is COc1ccc(C(=O)C2=NNC3C(=O)N(c4cccc(OC)c4)C(=O)C23)cc1. The summed E-state index contributed by atoms with van der Waals surface area (Å²) in [6.07, 6.45) is 0.